The molecule has 2 aromatic rings. The Bertz CT molecular complexity index is 664. The number of carbonyl (C=O) groups excluding carboxylic acids is 1. The summed E-state index contributed by atoms with van der Waals surface area (Å²) in [5, 5.41) is 2.81. The molecular formula is C14H13IN2O2. The number of carbonyl (C=O) groups is 1. The summed E-state index contributed by atoms with van der Waals surface area (Å²) in [4.78, 5) is 23.4. The summed E-state index contributed by atoms with van der Waals surface area (Å²) in [7, 11) is 0. The summed E-state index contributed by atoms with van der Waals surface area (Å²) >= 11 is 2.22. The zero-order valence-corrected chi connectivity index (χ0v) is 12.5. The summed E-state index contributed by atoms with van der Waals surface area (Å²) in [5.41, 5.74) is 1.59. The van der Waals surface area contributed by atoms with Gasteiger partial charge in [-0.1, -0.05) is 6.07 Å². The fourth-order valence-corrected chi connectivity index (χ4v) is 2.35. The number of hydrogen-bond acceptors (Lipinski definition) is 2. The number of hydrogen-bond donors (Lipinski definition) is 1. The Hall–Kier alpha value is -1.63. The molecule has 1 aromatic carbocycles. The molecule has 1 heterocycles. The van der Waals surface area contributed by atoms with Crippen LogP contribution in [0.25, 0.3) is 0 Å². The molecule has 0 unspecified atom stereocenters. The standard InChI is InChI=1S/C14H13IN2O2/c1-10-8-11(15)5-6-12(10)16-13(18)9-17-7-3-2-4-14(17)19/h2-8H,9H2,1H3,(H,16,18). The third-order valence-electron chi connectivity index (χ3n) is 2.68. The van der Waals surface area contributed by atoms with Crippen LogP contribution in [0.5, 0.6) is 0 Å². The van der Waals surface area contributed by atoms with Crippen LogP contribution in [0.4, 0.5) is 5.69 Å². The third-order valence-corrected chi connectivity index (χ3v) is 3.35. The molecule has 0 saturated carbocycles. The summed E-state index contributed by atoms with van der Waals surface area (Å²) < 4.78 is 2.49. The Morgan fingerprint density at radius 1 is 1.32 bits per heavy atom. The number of rotatable bonds is 3. The van der Waals surface area contributed by atoms with Gasteiger partial charge in [0.25, 0.3) is 5.56 Å². The molecule has 0 saturated heterocycles. The maximum absolute atomic E-state index is 11.9. The highest BCUT2D eigenvalue weighted by molar-refractivity contribution is 14.1. The van der Waals surface area contributed by atoms with Gasteiger partial charge in [-0.05, 0) is 59.3 Å². The average Bonchev–Trinajstić information content (AvgIpc) is 2.36. The van der Waals surface area contributed by atoms with Crippen molar-refractivity contribution in [2.45, 2.75) is 13.5 Å². The smallest absolute Gasteiger partial charge is 0.250 e. The number of halogens is 1. The highest BCUT2D eigenvalue weighted by Crippen LogP contribution is 2.17. The first kappa shape index (κ1) is 13.8. The third kappa shape index (κ3) is 3.66. The lowest BCUT2D eigenvalue weighted by atomic mass is 10.2. The Labute approximate surface area is 124 Å². The van der Waals surface area contributed by atoms with Crippen molar-refractivity contribution in [1.29, 1.82) is 0 Å². The second kappa shape index (κ2) is 6.01. The minimum absolute atomic E-state index is 0.0189. The largest absolute Gasteiger partial charge is 0.324 e. The quantitative estimate of drug-likeness (QED) is 0.846. The number of amides is 1. The van der Waals surface area contributed by atoms with Crippen LogP contribution >= 0.6 is 22.6 Å². The fraction of sp³-hybridized carbons (Fsp3) is 0.143. The van der Waals surface area contributed by atoms with E-state index in [9.17, 15) is 9.59 Å². The van der Waals surface area contributed by atoms with Crippen molar-refractivity contribution >= 4 is 34.2 Å². The zero-order valence-electron chi connectivity index (χ0n) is 10.4. The minimum atomic E-state index is -0.211. The predicted molar refractivity (Wildman–Crippen MR) is 83.2 cm³/mol. The molecule has 0 radical (unpaired) electrons. The van der Waals surface area contributed by atoms with E-state index in [2.05, 4.69) is 27.9 Å². The maximum atomic E-state index is 11.9. The van der Waals surface area contributed by atoms with Crippen molar-refractivity contribution in [3.63, 3.8) is 0 Å². The number of pyridine rings is 1. The zero-order chi connectivity index (χ0) is 13.8. The van der Waals surface area contributed by atoms with E-state index in [0.29, 0.717) is 0 Å². The van der Waals surface area contributed by atoms with Crippen LogP contribution < -0.4 is 10.9 Å². The summed E-state index contributed by atoms with van der Waals surface area (Å²) in [6, 6.07) is 10.6. The molecule has 1 aromatic heterocycles. The first-order valence-corrected chi connectivity index (χ1v) is 6.85. The number of benzene rings is 1. The number of aryl methyl sites for hydroxylation is 1. The van der Waals surface area contributed by atoms with Crippen molar-refractivity contribution in [2.24, 2.45) is 0 Å². The lowest BCUT2D eigenvalue weighted by molar-refractivity contribution is -0.116. The lowest BCUT2D eigenvalue weighted by Gasteiger charge is -2.09. The molecule has 0 atom stereocenters. The Balaban J connectivity index is 2.10. The van der Waals surface area contributed by atoms with E-state index in [4.69, 9.17) is 0 Å². The summed E-state index contributed by atoms with van der Waals surface area (Å²) in [5.74, 6) is -0.211. The van der Waals surface area contributed by atoms with Crippen LogP contribution in [0.1, 0.15) is 5.56 Å². The van der Waals surface area contributed by atoms with Crippen molar-refractivity contribution in [3.05, 3.63) is 62.1 Å². The molecule has 0 aliphatic carbocycles. The highest BCUT2D eigenvalue weighted by atomic mass is 127. The molecular weight excluding hydrogens is 355 g/mol. The molecule has 19 heavy (non-hydrogen) atoms. The molecule has 0 aliphatic heterocycles. The molecule has 98 valence electrons. The van der Waals surface area contributed by atoms with Crippen LogP contribution in [0.3, 0.4) is 0 Å². The van der Waals surface area contributed by atoms with Gasteiger partial charge in [-0.25, -0.2) is 0 Å². The summed E-state index contributed by atoms with van der Waals surface area (Å²) in [6.45, 7) is 1.96. The highest BCUT2D eigenvalue weighted by Gasteiger charge is 2.06. The van der Waals surface area contributed by atoms with E-state index >= 15 is 0 Å². The van der Waals surface area contributed by atoms with Crippen molar-refractivity contribution in [3.8, 4) is 0 Å². The second-order valence-corrected chi connectivity index (χ2v) is 5.42. The van der Waals surface area contributed by atoms with Gasteiger partial charge in [0.1, 0.15) is 6.54 Å². The van der Waals surface area contributed by atoms with Gasteiger partial charge >= 0.3 is 0 Å². The van der Waals surface area contributed by atoms with E-state index in [1.807, 2.05) is 25.1 Å². The van der Waals surface area contributed by atoms with Gasteiger partial charge in [-0.15, -0.1) is 0 Å². The Morgan fingerprint density at radius 2 is 2.11 bits per heavy atom. The lowest BCUT2D eigenvalue weighted by Crippen LogP contribution is -2.26. The Kier molecular flexibility index (Phi) is 4.36. The van der Waals surface area contributed by atoms with E-state index < -0.39 is 0 Å². The topological polar surface area (TPSA) is 51.1 Å². The molecule has 1 N–H and O–H groups in total. The molecule has 1 amide bonds. The molecule has 4 nitrogen and oxygen atoms in total. The van der Waals surface area contributed by atoms with Crippen LogP contribution in [0.2, 0.25) is 0 Å². The fourth-order valence-electron chi connectivity index (χ4n) is 1.70. The average molecular weight is 368 g/mol. The van der Waals surface area contributed by atoms with Crippen molar-refractivity contribution in [1.82, 2.24) is 4.57 Å². The van der Waals surface area contributed by atoms with Crippen molar-refractivity contribution in [2.75, 3.05) is 5.32 Å². The van der Waals surface area contributed by atoms with E-state index in [0.717, 1.165) is 14.8 Å². The van der Waals surface area contributed by atoms with Gasteiger partial charge in [-0.2, -0.15) is 0 Å². The van der Waals surface area contributed by atoms with Gasteiger partial charge < -0.3 is 9.88 Å². The van der Waals surface area contributed by atoms with Crippen LogP contribution in [0, 0.1) is 10.5 Å². The van der Waals surface area contributed by atoms with E-state index in [1.54, 1.807) is 18.3 Å². The van der Waals surface area contributed by atoms with Gasteiger partial charge in [0.2, 0.25) is 5.91 Å². The monoisotopic (exact) mass is 368 g/mol. The number of nitrogens with zero attached hydrogens (tertiary/aromatic N) is 1. The first-order chi connectivity index (χ1) is 9.06. The molecule has 2 rings (SSSR count). The van der Waals surface area contributed by atoms with Crippen LogP contribution in [0.15, 0.2) is 47.4 Å². The molecule has 0 spiro atoms. The number of nitrogens with one attached hydrogen (secondary N) is 1. The minimum Gasteiger partial charge on any atom is -0.324 e. The molecule has 0 bridgehead atoms. The number of anilines is 1. The normalized spacial score (nSPS) is 10.2. The van der Waals surface area contributed by atoms with Crippen molar-refractivity contribution < 1.29 is 4.79 Å². The maximum Gasteiger partial charge on any atom is 0.250 e. The predicted octanol–water partition coefficient (Wildman–Crippen LogP) is 2.40. The molecule has 5 heteroatoms. The van der Waals surface area contributed by atoms with Crippen LogP contribution in [-0.2, 0) is 11.3 Å². The van der Waals surface area contributed by atoms with Gasteiger partial charge in [0.05, 0.1) is 0 Å². The SMILES string of the molecule is Cc1cc(I)ccc1NC(=O)Cn1ccccc1=O. The first-order valence-electron chi connectivity index (χ1n) is 5.78. The number of aromatic nitrogens is 1. The van der Waals surface area contributed by atoms with Gasteiger partial charge in [0.15, 0.2) is 0 Å². The van der Waals surface area contributed by atoms with Crippen LogP contribution in [-0.4, -0.2) is 10.5 Å². The molecule has 0 fully saturated rings. The van der Waals surface area contributed by atoms with Gasteiger partial charge in [0, 0.05) is 21.5 Å². The second-order valence-electron chi connectivity index (χ2n) is 4.17. The summed E-state index contributed by atoms with van der Waals surface area (Å²) in [6.07, 6.45) is 1.60. The van der Waals surface area contributed by atoms with E-state index in [-0.39, 0.29) is 18.0 Å². The molecule has 0 aliphatic rings. The Morgan fingerprint density at radius 3 is 2.79 bits per heavy atom. The van der Waals surface area contributed by atoms with E-state index in [1.165, 1.54) is 10.6 Å². The van der Waals surface area contributed by atoms with Gasteiger partial charge in [-0.3, -0.25) is 9.59 Å².